The first kappa shape index (κ1) is 21.6. The lowest BCUT2D eigenvalue weighted by atomic mass is 10.00. The fraction of sp³-hybridized carbons (Fsp3) is 0.478. The predicted molar refractivity (Wildman–Crippen MR) is 118 cm³/mol. The lowest BCUT2D eigenvalue weighted by molar-refractivity contribution is -0.116. The Kier molecular flexibility index (Phi) is 7.90. The topological polar surface area (TPSA) is 54.5 Å². The molecule has 0 bridgehead atoms. The van der Waals surface area contributed by atoms with Gasteiger partial charge >= 0.3 is 0 Å². The van der Waals surface area contributed by atoms with E-state index in [1.165, 1.54) is 11.1 Å². The molecule has 0 saturated heterocycles. The number of benzene rings is 1. The van der Waals surface area contributed by atoms with Gasteiger partial charge in [0.15, 0.2) is 0 Å². The molecule has 0 aliphatic carbocycles. The molecule has 2 aliphatic heterocycles. The Hall–Kier alpha value is -2.11. The van der Waals surface area contributed by atoms with E-state index < -0.39 is 0 Å². The van der Waals surface area contributed by atoms with E-state index in [2.05, 4.69) is 27.3 Å². The predicted octanol–water partition coefficient (Wildman–Crippen LogP) is 4.86. The highest BCUT2D eigenvalue weighted by Gasteiger charge is 2.17. The highest BCUT2D eigenvalue weighted by molar-refractivity contribution is 6.30. The third kappa shape index (κ3) is 5.94. The summed E-state index contributed by atoms with van der Waals surface area (Å²) in [6.07, 6.45) is 4.42. The molecule has 0 radical (unpaired) electrons. The van der Waals surface area contributed by atoms with Crippen molar-refractivity contribution in [1.82, 2.24) is 9.88 Å². The van der Waals surface area contributed by atoms with Crippen LogP contribution < -0.4 is 10.1 Å². The quantitative estimate of drug-likeness (QED) is 0.684. The van der Waals surface area contributed by atoms with Crippen LogP contribution in [0, 0.1) is 0 Å². The van der Waals surface area contributed by atoms with Crippen molar-refractivity contribution in [2.24, 2.45) is 0 Å². The number of halogens is 1. The summed E-state index contributed by atoms with van der Waals surface area (Å²) in [5, 5.41) is 3.64. The number of aromatic nitrogens is 1. The van der Waals surface area contributed by atoms with Gasteiger partial charge in [0.05, 0.1) is 6.61 Å². The fourth-order valence-electron chi connectivity index (χ4n) is 3.69. The molecule has 3 heterocycles. The van der Waals surface area contributed by atoms with Gasteiger partial charge in [0.2, 0.25) is 11.8 Å². The molecule has 4 rings (SSSR count). The first-order valence-electron chi connectivity index (χ1n) is 10.6. The van der Waals surface area contributed by atoms with Crippen molar-refractivity contribution in [3.63, 3.8) is 0 Å². The largest absolute Gasteiger partial charge is 0.478 e. The number of nitrogens with zero attached hydrogens (tertiary/aromatic N) is 2. The van der Waals surface area contributed by atoms with Crippen molar-refractivity contribution in [2.45, 2.75) is 52.5 Å². The highest BCUT2D eigenvalue weighted by atomic mass is 35.5. The first-order valence-corrected chi connectivity index (χ1v) is 11.0. The zero-order valence-corrected chi connectivity index (χ0v) is 18.1. The molecule has 0 atom stereocenters. The first-order chi connectivity index (χ1) is 14.2. The number of unbranched alkanes of at least 4 members (excludes halogenated alkanes) is 1. The van der Waals surface area contributed by atoms with Crippen molar-refractivity contribution >= 4 is 23.3 Å². The molecule has 5 nitrogen and oxygen atoms in total. The summed E-state index contributed by atoms with van der Waals surface area (Å²) in [6.45, 7) is 7.79. The maximum atomic E-state index is 11.5. The number of nitrogens with one attached hydrogen (secondary N) is 1. The molecule has 6 heteroatoms. The van der Waals surface area contributed by atoms with Gasteiger partial charge in [-0.1, -0.05) is 31.5 Å². The van der Waals surface area contributed by atoms with Crippen LogP contribution in [0.2, 0.25) is 5.02 Å². The number of hydrogen-bond acceptors (Lipinski definition) is 4. The molecular formula is C23H30ClN3O2. The number of anilines is 1. The molecule has 29 heavy (non-hydrogen) atoms. The molecule has 0 unspecified atom stereocenters. The highest BCUT2D eigenvalue weighted by Crippen LogP contribution is 2.24. The van der Waals surface area contributed by atoms with Gasteiger partial charge in [0.25, 0.3) is 0 Å². The molecule has 1 aromatic heterocycles. The minimum Gasteiger partial charge on any atom is -0.478 e. The second-order valence-corrected chi connectivity index (χ2v) is 7.64. The number of aryl methyl sites for hydroxylation is 1. The standard InChI is InChI=1S/C21H24ClN3O2.C2H6/c22-18-6-3-17-14-25(11-9-16(17)13-18)10-1-2-12-27-20-8-5-15-4-7-19(26)23-21(15)24-20;1-2/h3,5-6,8,13H,1-2,4,7,9-12,14H2,(H,23,24,26);1-2H3. The van der Waals surface area contributed by atoms with Crippen LogP contribution in [0.3, 0.4) is 0 Å². The molecular weight excluding hydrogens is 386 g/mol. The maximum absolute atomic E-state index is 11.5. The van der Waals surface area contributed by atoms with Gasteiger partial charge in [-0.25, -0.2) is 0 Å². The average Bonchev–Trinajstić information content (AvgIpc) is 2.74. The van der Waals surface area contributed by atoms with Gasteiger partial charge in [0, 0.05) is 30.6 Å². The van der Waals surface area contributed by atoms with Crippen LogP contribution in [0.25, 0.3) is 0 Å². The summed E-state index contributed by atoms with van der Waals surface area (Å²) in [5.41, 5.74) is 3.85. The van der Waals surface area contributed by atoms with Gasteiger partial charge in [-0.15, -0.1) is 0 Å². The van der Waals surface area contributed by atoms with Gasteiger partial charge in [-0.3, -0.25) is 9.69 Å². The van der Waals surface area contributed by atoms with Crippen LogP contribution in [0.4, 0.5) is 5.82 Å². The van der Waals surface area contributed by atoms with Crippen molar-refractivity contribution in [3.8, 4) is 5.88 Å². The molecule has 0 spiro atoms. The maximum Gasteiger partial charge on any atom is 0.225 e. The lowest BCUT2D eigenvalue weighted by Gasteiger charge is -2.28. The number of carbonyl (C=O) groups is 1. The van der Waals surface area contributed by atoms with Crippen LogP contribution >= 0.6 is 11.6 Å². The van der Waals surface area contributed by atoms with Crippen molar-refractivity contribution in [3.05, 3.63) is 52.0 Å². The Morgan fingerprint density at radius 3 is 2.76 bits per heavy atom. The minimum atomic E-state index is 0.0255. The fourth-order valence-corrected chi connectivity index (χ4v) is 3.88. The van der Waals surface area contributed by atoms with Gasteiger partial charge < -0.3 is 10.1 Å². The molecule has 2 aliphatic rings. The number of rotatable bonds is 6. The number of pyridine rings is 1. The van der Waals surface area contributed by atoms with Crippen LogP contribution in [0.1, 0.15) is 49.8 Å². The van der Waals surface area contributed by atoms with E-state index in [0.29, 0.717) is 24.7 Å². The third-order valence-electron chi connectivity index (χ3n) is 5.21. The van der Waals surface area contributed by atoms with E-state index in [1.807, 2.05) is 32.0 Å². The Balaban J connectivity index is 0.00000117. The molecule has 2 aromatic rings. The van der Waals surface area contributed by atoms with Crippen LogP contribution in [-0.2, 0) is 24.2 Å². The summed E-state index contributed by atoms with van der Waals surface area (Å²) in [7, 11) is 0. The van der Waals surface area contributed by atoms with Crippen molar-refractivity contribution < 1.29 is 9.53 Å². The zero-order valence-electron chi connectivity index (χ0n) is 17.3. The Morgan fingerprint density at radius 1 is 1.07 bits per heavy atom. The summed E-state index contributed by atoms with van der Waals surface area (Å²) in [5.74, 6) is 1.26. The minimum absolute atomic E-state index is 0.0255. The Morgan fingerprint density at radius 2 is 1.90 bits per heavy atom. The van der Waals surface area contributed by atoms with Crippen LogP contribution in [0.15, 0.2) is 30.3 Å². The van der Waals surface area contributed by atoms with Crippen LogP contribution in [0.5, 0.6) is 5.88 Å². The summed E-state index contributed by atoms with van der Waals surface area (Å²) >= 11 is 6.08. The normalized spacial score (nSPS) is 15.5. The van der Waals surface area contributed by atoms with Gasteiger partial charge in [0.1, 0.15) is 5.82 Å². The Labute approximate surface area is 178 Å². The van der Waals surface area contributed by atoms with E-state index in [1.54, 1.807) is 0 Å². The third-order valence-corrected chi connectivity index (χ3v) is 5.45. The SMILES string of the molecule is CC.O=C1CCc2ccc(OCCCCN3CCc4cc(Cl)ccc4C3)nc2N1. The van der Waals surface area contributed by atoms with E-state index in [0.717, 1.165) is 55.9 Å². The number of hydrogen-bond donors (Lipinski definition) is 1. The van der Waals surface area contributed by atoms with E-state index in [4.69, 9.17) is 16.3 Å². The second kappa shape index (κ2) is 10.6. The number of fused-ring (bicyclic) bond motifs is 2. The van der Waals surface area contributed by atoms with Crippen molar-refractivity contribution in [2.75, 3.05) is 25.0 Å². The van der Waals surface area contributed by atoms with Gasteiger partial charge in [-0.05, 0) is 67.1 Å². The van der Waals surface area contributed by atoms with Crippen molar-refractivity contribution in [1.29, 1.82) is 0 Å². The molecule has 1 N–H and O–H groups in total. The second-order valence-electron chi connectivity index (χ2n) is 7.20. The number of carbonyl (C=O) groups excluding carboxylic acids is 1. The van der Waals surface area contributed by atoms with E-state index in [-0.39, 0.29) is 5.91 Å². The monoisotopic (exact) mass is 415 g/mol. The molecule has 1 aromatic carbocycles. The van der Waals surface area contributed by atoms with E-state index in [9.17, 15) is 4.79 Å². The van der Waals surface area contributed by atoms with E-state index >= 15 is 0 Å². The van der Waals surface area contributed by atoms with Gasteiger partial charge in [-0.2, -0.15) is 4.98 Å². The number of amides is 1. The molecule has 1 amide bonds. The summed E-state index contributed by atoms with van der Waals surface area (Å²) < 4.78 is 5.77. The van der Waals surface area contributed by atoms with Crippen LogP contribution in [-0.4, -0.2) is 35.5 Å². The average molecular weight is 416 g/mol. The number of ether oxygens (including phenoxy) is 1. The summed E-state index contributed by atoms with van der Waals surface area (Å²) in [6, 6.07) is 10.1. The lowest BCUT2D eigenvalue weighted by Crippen LogP contribution is -2.31. The molecule has 156 valence electrons. The smallest absolute Gasteiger partial charge is 0.225 e. The molecule has 0 saturated carbocycles. The Bertz CT molecular complexity index is 841. The molecule has 0 fully saturated rings. The zero-order chi connectivity index (χ0) is 20.6. The summed E-state index contributed by atoms with van der Waals surface area (Å²) in [4.78, 5) is 18.4.